The number of aryl methyl sites for hydroxylation is 1. The lowest BCUT2D eigenvalue weighted by Crippen LogP contribution is -2.21. The zero-order valence-corrected chi connectivity index (χ0v) is 10.6. The number of nitrogens with zero attached hydrogens (tertiary/aromatic N) is 4. The number of tetrazole rings is 1. The van der Waals surface area contributed by atoms with Gasteiger partial charge in [0.05, 0.1) is 18.8 Å². The van der Waals surface area contributed by atoms with Crippen molar-refractivity contribution in [2.75, 3.05) is 20.3 Å². The van der Waals surface area contributed by atoms with Gasteiger partial charge in [0, 0.05) is 13.7 Å². The van der Waals surface area contributed by atoms with Gasteiger partial charge in [-0.1, -0.05) is 18.2 Å². The molecule has 0 saturated heterocycles. The normalized spacial score (nSPS) is 10.8. The molecule has 1 heterocycles. The van der Waals surface area contributed by atoms with Gasteiger partial charge in [0.15, 0.2) is 5.82 Å². The Labute approximate surface area is 106 Å². The minimum Gasteiger partial charge on any atom is -0.383 e. The van der Waals surface area contributed by atoms with Gasteiger partial charge < -0.3 is 10.1 Å². The van der Waals surface area contributed by atoms with Crippen LogP contribution in [0.5, 0.6) is 0 Å². The van der Waals surface area contributed by atoms with E-state index < -0.39 is 0 Å². The van der Waals surface area contributed by atoms with Gasteiger partial charge >= 0.3 is 0 Å². The molecule has 18 heavy (non-hydrogen) atoms. The van der Waals surface area contributed by atoms with Crippen LogP contribution in [-0.2, 0) is 11.3 Å². The molecule has 0 saturated carbocycles. The lowest BCUT2D eigenvalue weighted by atomic mass is 10.2. The predicted molar refractivity (Wildman–Crippen MR) is 67.5 cm³/mol. The molecule has 0 radical (unpaired) electrons. The number of aromatic nitrogens is 4. The van der Waals surface area contributed by atoms with Crippen LogP contribution in [0.1, 0.15) is 11.4 Å². The number of methoxy groups -OCH3 is 1. The lowest BCUT2D eigenvalue weighted by Gasteiger charge is -2.08. The minimum atomic E-state index is 0.616. The Morgan fingerprint density at radius 1 is 1.33 bits per heavy atom. The Morgan fingerprint density at radius 3 is 2.94 bits per heavy atom. The molecule has 96 valence electrons. The molecule has 6 nitrogen and oxygen atoms in total. The van der Waals surface area contributed by atoms with E-state index in [0.29, 0.717) is 13.2 Å². The van der Waals surface area contributed by atoms with Gasteiger partial charge in [-0.05, 0) is 29.0 Å². The number of hydrogen-bond donors (Lipinski definition) is 1. The maximum atomic E-state index is 4.97. The maximum Gasteiger partial charge on any atom is 0.170 e. The molecule has 2 rings (SSSR count). The van der Waals surface area contributed by atoms with Crippen molar-refractivity contribution in [1.29, 1.82) is 0 Å². The first kappa shape index (κ1) is 12.7. The van der Waals surface area contributed by atoms with E-state index in [4.69, 9.17) is 4.74 Å². The number of nitrogens with one attached hydrogen (secondary N) is 1. The summed E-state index contributed by atoms with van der Waals surface area (Å²) < 4.78 is 6.73. The molecule has 0 spiro atoms. The average Bonchev–Trinajstić information content (AvgIpc) is 2.83. The fourth-order valence-corrected chi connectivity index (χ4v) is 1.68. The van der Waals surface area contributed by atoms with Crippen molar-refractivity contribution >= 4 is 0 Å². The van der Waals surface area contributed by atoms with Crippen LogP contribution in [0.15, 0.2) is 24.3 Å². The molecule has 2 aromatic rings. The largest absolute Gasteiger partial charge is 0.383 e. The molecule has 0 bridgehead atoms. The summed E-state index contributed by atoms with van der Waals surface area (Å²) in [4.78, 5) is 0. The lowest BCUT2D eigenvalue weighted by molar-refractivity contribution is 0.199. The Bertz CT molecular complexity index is 497. The summed E-state index contributed by atoms with van der Waals surface area (Å²) in [7, 11) is 1.68. The van der Waals surface area contributed by atoms with E-state index in [9.17, 15) is 0 Å². The highest BCUT2D eigenvalue weighted by Gasteiger charge is 2.09. The Kier molecular flexibility index (Phi) is 4.38. The quantitative estimate of drug-likeness (QED) is 0.761. The van der Waals surface area contributed by atoms with Crippen LogP contribution < -0.4 is 5.32 Å². The van der Waals surface area contributed by atoms with Gasteiger partial charge in [-0.2, -0.15) is 4.68 Å². The van der Waals surface area contributed by atoms with Crippen LogP contribution in [-0.4, -0.2) is 40.5 Å². The molecular weight excluding hydrogens is 230 g/mol. The zero-order chi connectivity index (χ0) is 12.8. The molecule has 1 aromatic carbocycles. The third-order valence-corrected chi connectivity index (χ3v) is 2.64. The Balaban J connectivity index is 2.10. The van der Waals surface area contributed by atoms with Gasteiger partial charge in [0.2, 0.25) is 0 Å². The summed E-state index contributed by atoms with van der Waals surface area (Å²) in [6.07, 6.45) is 0. The summed E-state index contributed by atoms with van der Waals surface area (Å²) in [5.41, 5.74) is 2.15. The van der Waals surface area contributed by atoms with Crippen LogP contribution >= 0.6 is 0 Å². The highest BCUT2D eigenvalue weighted by Crippen LogP contribution is 2.12. The summed E-state index contributed by atoms with van der Waals surface area (Å²) in [5, 5.41) is 15.0. The first-order chi connectivity index (χ1) is 8.83. The van der Waals surface area contributed by atoms with E-state index in [1.54, 1.807) is 11.8 Å². The molecule has 0 fully saturated rings. The van der Waals surface area contributed by atoms with Crippen LogP contribution in [0, 0.1) is 6.92 Å². The topological polar surface area (TPSA) is 64.9 Å². The summed E-state index contributed by atoms with van der Waals surface area (Å²) >= 11 is 0. The van der Waals surface area contributed by atoms with Gasteiger partial charge in [-0.3, -0.25) is 0 Å². The van der Waals surface area contributed by atoms with Crippen LogP contribution in [0.3, 0.4) is 0 Å². The second-order valence-electron chi connectivity index (χ2n) is 3.96. The first-order valence-electron chi connectivity index (χ1n) is 5.86. The highest BCUT2D eigenvalue weighted by atomic mass is 16.5. The summed E-state index contributed by atoms with van der Waals surface area (Å²) in [6.45, 7) is 4.10. The van der Waals surface area contributed by atoms with Crippen molar-refractivity contribution in [3.8, 4) is 5.69 Å². The Morgan fingerprint density at radius 2 is 2.17 bits per heavy atom. The van der Waals surface area contributed by atoms with E-state index in [-0.39, 0.29) is 0 Å². The van der Waals surface area contributed by atoms with Crippen LogP contribution in [0.2, 0.25) is 0 Å². The van der Waals surface area contributed by atoms with E-state index in [1.165, 1.54) is 0 Å². The van der Waals surface area contributed by atoms with Crippen molar-refractivity contribution in [3.05, 3.63) is 35.7 Å². The van der Waals surface area contributed by atoms with Crippen molar-refractivity contribution < 1.29 is 4.74 Å². The molecule has 0 aliphatic rings. The first-order valence-corrected chi connectivity index (χ1v) is 5.86. The SMILES string of the molecule is COCCNCc1nnnn1-c1ccccc1C. The van der Waals surface area contributed by atoms with Crippen molar-refractivity contribution in [2.24, 2.45) is 0 Å². The molecule has 6 heteroatoms. The minimum absolute atomic E-state index is 0.616. The number of ether oxygens (including phenoxy) is 1. The molecule has 0 atom stereocenters. The number of benzene rings is 1. The maximum absolute atomic E-state index is 4.97. The van der Waals surface area contributed by atoms with E-state index in [0.717, 1.165) is 23.6 Å². The van der Waals surface area contributed by atoms with Gasteiger partial charge in [0.1, 0.15) is 0 Å². The predicted octanol–water partition coefficient (Wildman–Crippen LogP) is 0.707. The van der Waals surface area contributed by atoms with Crippen molar-refractivity contribution in [3.63, 3.8) is 0 Å². The molecule has 0 aliphatic carbocycles. The van der Waals surface area contributed by atoms with Gasteiger partial charge in [-0.25, -0.2) is 0 Å². The molecule has 1 aromatic heterocycles. The standard InChI is InChI=1S/C12H17N5O/c1-10-5-3-4-6-11(10)17-12(14-15-16-17)9-13-7-8-18-2/h3-6,13H,7-9H2,1-2H3. The van der Waals surface area contributed by atoms with E-state index in [1.807, 2.05) is 31.2 Å². The van der Waals surface area contributed by atoms with Gasteiger partial charge in [0.25, 0.3) is 0 Å². The smallest absolute Gasteiger partial charge is 0.170 e. The second-order valence-corrected chi connectivity index (χ2v) is 3.96. The average molecular weight is 247 g/mol. The molecule has 1 N–H and O–H groups in total. The third-order valence-electron chi connectivity index (χ3n) is 2.64. The van der Waals surface area contributed by atoms with Crippen molar-refractivity contribution in [2.45, 2.75) is 13.5 Å². The molecule has 0 amide bonds. The number of para-hydroxylation sites is 1. The van der Waals surface area contributed by atoms with E-state index >= 15 is 0 Å². The second kappa shape index (κ2) is 6.23. The zero-order valence-electron chi connectivity index (χ0n) is 10.6. The monoisotopic (exact) mass is 247 g/mol. The van der Waals surface area contributed by atoms with E-state index in [2.05, 4.69) is 20.8 Å². The molecular formula is C12H17N5O. The van der Waals surface area contributed by atoms with Crippen LogP contribution in [0.4, 0.5) is 0 Å². The summed E-state index contributed by atoms with van der Waals surface area (Å²) in [5.74, 6) is 0.792. The third kappa shape index (κ3) is 2.91. The van der Waals surface area contributed by atoms with Gasteiger partial charge in [-0.15, -0.1) is 5.10 Å². The number of rotatable bonds is 6. The number of hydrogen-bond acceptors (Lipinski definition) is 5. The molecule has 0 aliphatic heterocycles. The summed E-state index contributed by atoms with van der Waals surface area (Å²) in [6, 6.07) is 8.02. The van der Waals surface area contributed by atoms with Crippen molar-refractivity contribution in [1.82, 2.24) is 25.5 Å². The highest BCUT2D eigenvalue weighted by molar-refractivity contribution is 5.39. The Hall–Kier alpha value is -1.79. The fourth-order valence-electron chi connectivity index (χ4n) is 1.68. The molecule has 0 unspecified atom stereocenters. The van der Waals surface area contributed by atoms with Crippen LogP contribution in [0.25, 0.3) is 5.69 Å². The fraction of sp³-hybridized carbons (Fsp3) is 0.417.